The van der Waals surface area contributed by atoms with Crippen LogP contribution in [0.25, 0.3) is 0 Å². The predicted molar refractivity (Wildman–Crippen MR) is 120 cm³/mol. The average molecular weight is 430 g/mol. The van der Waals surface area contributed by atoms with Crippen molar-refractivity contribution in [3.05, 3.63) is 18.3 Å². The van der Waals surface area contributed by atoms with E-state index >= 15 is 0 Å². The van der Waals surface area contributed by atoms with Crippen LogP contribution in [0.3, 0.4) is 0 Å². The summed E-state index contributed by atoms with van der Waals surface area (Å²) in [7, 11) is 0. The third-order valence-corrected chi connectivity index (χ3v) is 6.82. The lowest BCUT2D eigenvalue weighted by molar-refractivity contribution is -0.151. The molecule has 0 radical (unpaired) electrons. The summed E-state index contributed by atoms with van der Waals surface area (Å²) in [5.41, 5.74) is 6.59. The van der Waals surface area contributed by atoms with Gasteiger partial charge < -0.3 is 25.2 Å². The highest BCUT2D eigenvalue weighted by atomic mass is 16.6. The van der Waals surface area contributed by atoms with Gasteiger partial charge in [-0.25, -0.2) is 9.78 Å². The molecule has 0 atom stereocenters. The van der Waals surface area contributed by atoms with E-state index in [1.165, 1.54) is 0 Å². The number of aromatic nitrogens is 1. The Kier molecular flexibility index (Phi) is 5.75. The Labute approximate surface area is 184 Å². The van der Waals surface area contributed by atoms with Crippen molar-refractivity contribution in [3.8, 4) is 0 Å². The molecule has 4 heterocycles. The van der Waals surface area contributed by atoms with E-state index in [1.54, 1.807) is 4.90 Å². The zero-order valence-corrected chi connectivity index (χ0v) is 19.0. The van der Waals surface area contributed by atoms with Gasteiger partial charge in [0.1, 0.15) is 11.4 Å². The van der Waals surface area contributed by atoms with Gasteiger partial charge in [-0.2, -0.15) is 0 Å². The molecule has 0 bridgehead atoms. The first-order chi connectivity index (χ1) is 14.6. The Hall–Kier alpha value is -2.51. The number of anilines is 2. The van der Waals surface area contributed by atoms with E-state index in [1.807, 2.05) is 44.0 Å². The predicted octanol–water partition coefficient (Wildman–Crippen LogP) is 2.74. The number of carbonyl (C=O) groups excluding carboxylic acids is 2. The van der Waals surface area contributed by atoms with Crippen LogP contribution in [0.2, 0.25) is 0 Å². The Morgan fingerprint density at radius 1 is 1.06 bits per heavy atom. The van der Waals surface area contributed by atoms with Crippen molar-refractivity contribution in [2.24, 2.45) is 11.3 Å². The van der Waals surface area contributed by atoms with Crippen LogP contribution in [0.15, 0.2) is 18.3 Å². The van der Waals surface area contributed by atoms with Crippen molar-refractivity contribution in [2.75, 3.05) is 49.9 Å². The lowest BCUT2D eigenvalue weighted by Gasteiger charge is -2.55. The first-order valence-electron chi connectivity index (χ1n) is 11.4. The van der Waals surface area contributed by atoms with E-state index in [0.29, 0.717) is 18.9 Å². The lowest BCUT2D eigenvalue weighted by Crippen LogP contribution is -2.63. The molecule has 0 saturated carbocycles. The normalized spacial score (nSPS) is 21.7. The Morgan fingerprint density at radius 3 is 2.26 bits per heavy atom. The van der Waals surface area contributed by atoms with Crippen molar-refractivity contribution >= 4 is 23.5 Å². The van der Waals surface area contributed by atoms with Crippen molar-refractivity contribution in [1.29, 1.82) is 0 Å². The van der Waals surface area contributed by atoms with Gasteiger partial charge in [0.25, 0.3) is 0 Å². The van der Waals surface area contributed by atoms with Crippen LogP contribution < -0.4 is 10.6 Å². The number of hydrogen-bond acceptors (Lipinski definition) is 6. The minimum Gasteiger partial charge on any atom is -0.444 e. The van der Waals surface area contributed by atoms with Gasteiger partial charge in [0.2, 0.25) is 5.91 Å². The molecule has 8 heteroatoms. The summed E-state index contributed by atoms with van der Waals surface area (Å²) in [5.74, 6) is 0.832. The molecule has 3 aliphatic rings. The van der Waals surface area contributed by atoms with Crippen LogP contribution in [-0.2, 0) is 9.53 Å². The van der Waals surface area contributed by atoms with E-state index in [0.717, 1.165) is 57.5 Å². The smallest absolute Gasteiger partial charge is 0.410 e. The monoisotopic (exact) mass is 429 g/mol. The summed E-state index contributed by atoms with van der Waals surface area (Å²) in [6, 6.07) is 3.87. The number of amides is 2. The van der Waals surface area contributed by atoms with E-state index in [9.17, 15) is 9.59 Å². The zero-order chi connectivity index (χ0) is 22.2. The summed E-state index contributed by atoms with van der Waals surface area (Å²) in [6.07, 6.45) is 5.20. The summed E-state index contributed by atoms with van der Waals surface area (Å²) in [5, 5.41) is 0. The van der Waals surface area contributed by atoms with Crippen LogP contribution in [0.5, 0.6) is 0 Å². The molecule has 4 rings (SSSR count). The fourth-order valence-electron chi connectivity index (χ4n) is 4.95. The Morgan fingerprint density at radius 2 is 1.71 bits per heavy atom. The Bertz CT molecular complexity index is 795. The number of pyridine rings is 1. The second-order valence-corrected chi connectivity index (χ2v) is 10.4. The van der Waals surface area contributed by atoms with Gasteiger partial charge in [0, 0.05) is 50.6 Å². The molecular formula is C23H35N5O3. The van der Waals surface area contributed by atoms with Crippen molar-refractivity contribution in [2.45, 2.75) is 52.1 Å². The summed E-state index contributed by atoms with van der Waals surface area (Å²) in [4.78, 5) is 35.5. The number of likely N-dealkylation sites (tertiary alicyclic amines) is 2. The van der Waals surface area contributed by atoms with Gasteiger partial charge in [-0.05, 0) is 58.6 Å². The minimum absolute atomic E-state index is 0.0250. The van der Waals surface area contributed by atoms with Crippen molar-refractivity contribution in [1.82, 2.24) is 14.8 Å². The van der Waals surface area contributed by atoms with Gasteiger partial charge in [0.05, 0.1) is 11.9 Å². The highest BCUT2D eigenvalue weighted by molar-refractivity contribution is 5.80. The maximum absolute atomic E-state index is 13.0. The third-order valence-electron chi connectivity index (χ3n) is 6.82. The van der Waals surface area contributed by atoms with Crippen LogP contribution in [0.1, 0.15) is 46.5 Å². The number of nitrogen functional groups attached to an aromatic ring is 1. The number of piperidine rings is 2. The van der Waals surface area contributed by atoms with Gasteiger partial charge in [-0.15, -0.1) is 0 Å². The molecule has 31 heavy (non-hydrogen) atoms. The third kappa shape index (κ3) is 4.88. The van der Waals surface area contributed by atoms with E-state index < -0.39 is 5.60 Å². The SMILES string of the molecule is CC(C)(C)OC(=O)N1CCC(C(=O)N2CC3(CCN(c4ccc(N)nc4)CC3)C2)CC1. The molecule has 2 N–H and O–H groups in total. The lowest BCUT2D eigenvalue weighted by atomic mass is 9.71. The number of hydrogen-bond donors (Lipinski definition) is 1. The van der Waals surface area contributed by atoms with Crippen LogP contribution in [0.4, 0.5) is 16.3 Å². The first kappa shape index (κ1) is 21.7. The topological polar surface area (TPSA) is 92.0 Å². The number of carbonyl (C=O) groups is 2. The van der Waals surface area contributed by atoms with E-state index in [2.05, 4.69) is 9.88 Å². The zero-order valence-electron chi connectivity index (χ0n) is 19.0. The van der Waals surface area contributed by atoms with Crippen LogP contribution in [0, 0.1) is 11.3 Å². The highest BCUT2D eigenvalue weighted by Crippen LogP contribution is 2.42. The maximum Gasteiger partial charge on any atom is 0.410 e. The van der Waals surface area contributed by atoms with Crippen molar-refractivity contribution < 1.29 is 14.3 Å². The molecule has 2 amide bonds. The van der Waals surface area contributed by atoms with Crippen molar-refractivity contribution in [3.63, 3.8) is 0 Å². The molecule has 170 valence electrons. The molecule has 1 aromatic heterocycles. The van der Waals surface area contributed by atoms with Gasteiger partial charge in [-0.3, -0.25) is 4.79 Å². The molecule has 1 spiro atoms. The first-order valence-corrected chi connectivity index (χ1v) is 11.4. The summed E-state index contributed by atoms with van der Waals surface area (Å²) >= 11 is 0. The standard InChI is InChI=1S/C23H35N5O3/c1-22(2,3)31-21(30)27-10-6-17(7-11-27)20(29)28-15-23(16-28)8-12-26(13-9-23)18-4-5-19(24)25-14-18/h4-5,14,17H,6-13,15-16H2,1-3H3,(H2,24,25). The number of nitrogens with two attached hydrogens (primary N) is 1. The van der Waals surface area contributed by atoms with Gasteiger partial charge >= 0.3 is 6.09 Å². The maximum atomic E-state index is 13.0. The molecule has 0 unspecified atom stereocenters. The van der Waals surface area contributed by atoms with E-state index in [4.69, 9.17) is 10.5 Å². The molecule has 3 fully saturated rings. The van der Waals surface area contributed by atoms with Crippen LogP contribution in [-0.4, -0.2) is 71.7 Å². The van der Waals surface area contributed by atoms with Gasteiger partial charge in [0.15, 0.2) is 0 Å². The molecular weight excluding hydrogens is 394 g/mol. The fraction of sp³-hybridized carbons (Fsp3) is 0.696. The molecule has 1 aromatic rings. The molecule has 3 aliphatic heterocycles. The average Bonchev–Trinajstić information content (AvgIpc) is 2.71. The minimum atomic E-state index is -0.490. The second-order valence-electron chi connectivity index (χ2n) is 10.4. The summed E-state index contributed by atoms with van der Waals surface area (Å²) in [6.45, 7) is 10.5. The quantitative estimate of drug-likeness (QED) is 0.777. The number of ether oxygens (including phenoxy) is 1. The Balaban J connectivity index is 1.21. The second kappa shape index (κ2) is 8.20. The fourth-order valence-corrected chi connectivity index (χ4v) is 4.95. The molecule has 0 aliphatic carbocycles. The largest absolute Gasteiger partial charge is 0.444 e. The number of rotatable bonds is 2. The van der Waals surface area contributed by atoms with Crippen LogP contribution >= 0.6 is 0 Å². The van der Waals surface area contributed by atoms with E-state index in [-0.39, 0.29) is 23.3 Å². The molecule has 3 saturated heterocycles. The molecule has 8 nitrogen and oxygen atoms in total. The number of nitrogens with zero attached hydrogens (tertiary/aromatic N) is 4. The highest BCUT2D eigenvalue weighted by Gasteiger charge is 2.48. The van der Waals surface area contributed by atoms with Gasteiger partial charge in [-0.1, -0.05) is 0 Å². The summed E-state index contributed by atoms with van der Waals surface area (Å²) < 4.78 is 5.45. The molecule has 0 aromatic carbocycles.